The van der Waals surface area contributed by atoms with Gasteiger partial charge in [0.1, 0.15) is 6.61 Å². The molecule has 2 rings (SSSR count). The summed E-state index contributed by atoms with van der Waals surface area (Å²) in [7, 11) is 0. The average molecular weight is 276 g/mol. The van der Waals surface area contributed by atoms with Crippen molar-refractivity contribution in [2.75, 3.05) is 31.1 Å². The van der Waals surface area contributed by atoms with E-state index in [1.165, 1.54) is 0 Å². The quantitative estimate of drug-likeness (QED) is 0.830. The number of rotatable bonds is 7. The number of hydrogen-bond acceptors (Lipinski definition) is 3. The molecule has 110 valence electrons. The molecular formula is C16H24N2O2. The second-order valence-electron chi connectivity index (χ2n) is 5.58. The number of hydrogen-bond donors (Lipinski definition) is 1. The van der Waals surface area contributed by atoms with Crippen molar-refractivity contribution in [3.8, 4) is 0 Å². The zero-order chi connectivity index (χ0) is 14.4. The third-order valence-electron chi connectivity index (χ3n) is 3.65. The first kappa shape index (κ1) is 15.0. The van der Waals surface area contributed by atoms with Crippen LogP contribution < -0.4 is 10.2 Å². The van der Waals surface area contributed by atoms with Crippen LogP contribution in [0.1, 0.15) is 26.7 Å². The Kier molecular flexibility index (Phi) is 5.15. The predicted octanol–water partition coefficient (Wildman–Crippen LogP) is 2.20. The van der Waals surface area contributed by atoms with Gasteiger partial charge in [0.2, 0.25) is 0 Å². The Balaban J connectivity index is 1.96. The number of nitrogens with zero attached hydrogens (tertiary/aromatic N) is 1. The highest BCUT2D eigenvalue weighted by Crippen LogP contribution is 2.18. The molecule has 1 aliphatic rings. The van der Waals surface area contributed by atoms with Gasteiger partial charge in [-0.3, -0.25) is 4.79 Å². The van der Waals surface area contributed by atoms with E-state index < -0.39 is 0 Å². The monoisotopic (exact) mass is 276 g/mol. The van der Waals surface area contributed by atoms with Crippen molar-refractivity contribution in [3.63, 3.8) is 0 Å². The maximum atomic E-state index is 12.4. The number of amides is 1. The summed E-state index contributed by atoms with van der Waals surface area (Å²) in [6.45, 7) is 6.70. The van der Waals surface area contributed by atoms with E-state index in [0.717, 1.165) is 38.2 Å². The molecule has 1 N–H and O–H groups in total. The molecular weight excluding hydrogens is 252 g/mol. The van der Waals surface area contributed by atoms with E-state index in [1.807, 2.05) is 42.2 Å². The van der Waals surface area contributed by atoms with Crippen LogP contribution in [-0.4, -0.2) is 37.7 Å². The van der Waals surface area contributed by atoms with Crippen LogP contribution in [0.15, 0.2) is 30.3 Å². The summed E-state index contributed by atoms with van der Waals surface area (Å²) in [6, 6.07) is 9.82. The molecule has 1 fully saturated rings. The Bertz CT molecular complexity index is 429. The number of unbranched alkanes of at least 4 members (excludes halogenated alkanes) is 1. The molecule has 0 radical (unpaired) electrons. The van der Waals surface area contributed by atoms with Crippen LogP contribution in [-0.2, 0) is 9.53 Å². The topological polar surface area (TPSA) is 41.6 Å². The first-order valence-electron chi connectivity index (χ1n) is 7.35. The van der Waals surface area contributed by atoms with Gasteiger partial charge in [-0.2, -0.15) is 0 Å². The van der Waals surface area contributed by atoms with Crippen LogP contribution in [0.5, 0.6) is 0 Å². The highest BCUT2D eigenvalue weighted by Gasteiger charge is 2.33. The van der Waals surface area contributed by atoms with Crippen molar-refractivity contribution in [2.45, 2.75) is 32.3 Å². The van der Waals surface area contributed by atoms with Crippen LogP contribution in [0.3, 0.4) is 0 Å². The normalized spacial score (nSPS) is 16.5. The van der Waals surface area contributed by atoms with Gasteiger partial charge in [0.15, 0.2) is 0 Å². The maximum absolute atomic E-state index is 12.4. The first-order valence-corrected chi connectivity index (χ1v) is 7.35. The lowest BCUT2D eigenvalue weighted by atomic mass is 10.0. The lowest BCUT2D eigenvalue weighted by molar-refractivity contribution is -0.133. The van der Waals surface area contributed by atoms with Gasteiger partial charge in [-0.15, -0.1) is 0 Å². The maximum Gasteiger partial charge on any atom is 0.253 e. The summed E-state index contributed by atoms with van der Waals surface area (Å²) in [5.41, 5.74) is 0.773. The van der Waals surface area contributed by atoms with Crippen molar-refractivity contribution in [2.24, 2.45) is 0 Å². The molecule has 1 aromatic carbocycles. The van der Waals surface area contributed by atoms with Crippen molar-refractivity contribution in [1.29, 1.82) is 0 Å². The Morgan fingerprint density at radius 3 is 2.60 bits per heavy atom. The van der Waals surface area contributed by atoms with Gasteiger partial charge in [0.05, 0.1) is 5.60 Å². The molecule has 0 saturated carbocycles. The van der Waals surface area contributed by atoms with Gasteiger partial charge >= 0.3 is 0 Å². The second kappa shape index (κ2) is 6.86. The van der Waals surface area contributed by atoms with Gasteiger partial charge in [0.25, 0.3) is 5.91 Å². The van der Waals surface area contributed by atoms with E-state index >= 15 is 0 Å². The van der Waals surface area contributed by atoms with Crippen molar-refractivity contribution in [1.82, 2.24) is 5.32 Å². The Morgan fingerprint density at radius 1 is 1.35 bits per heavy atom. The van der Waals surface area contributed by atoms with Gasteiger partial charge in [0, 0.05) is 25.3 Å². The van der Waals surface area contributed by atoms with E-state index in [0.29, 0.717) is 0 Å². The molecule has 4 nitrogen and oxygen atoms in total. The minimum Gasteiger partial charge on any atom is -0.363 e. The fraction of sp³-hybridized carbons (Fsp3) is 0.562. The van der Waals surface area contributed by atoms with Crippen molar-refractivity contribution >= 4 is 11.6 Å². The number of anilines is 1. The molecule has 0 unspecified atom stereocenters. The highest BCUT2D eigenvalue weighted by molar-refractivity contribution is 5.94. The van der Waals surface area contributed by atoms with Crippen molar-refractivity contribution in [3.05, 3.63) is 30.3 Å². The summed E-state index contributed by atoms with van der Waals surface area (Å²) in [5, 5.41) is 3.17. The number of ether oxygens (including phenoxy) is 1. The molecule has 1 saturated heterocycles. The van der Waals surface area contributed by atoms with Crippen LogP contribution in [0, 0.1) is 0 Å². The third kappa shape index (κ3) is 3.81. The first-order chi connectivity index (χ1) is 9.64. The molecule has 0 aliphatic carbocycles. The van der Waals surface area contributed by atoms with E-state index in [9.17, 15) is 4.79 Å². The molecule has 1 aliphatic heterocycles. The molecule has 1 amide bonds. The fourth-order valence-corrected chi connectivity index (χ4v) is 2.21. The molecule has 1 aromatic rings. The number of nitrogens with one attached hydrogen (secondary N) is 1. The number of para-hydroxylation sites is 1. The van der Waals surface area contributed by atoms with E-state index in [2.05, 4.69) is 12.2 Å². The van der Waals surface area contributed by atoms with Crippen LogP contribution >= 0.6 is 0 Å². The van der Waals surface area contributed by atoms with Gasteiger partial charge in [-0.05, 0) is 25.5 Å². The SMILES string of the molecule is CCCCN(C(=O)COC1(C)CNC1)c1ccccc1. The van der Waals surface area contributed by atoms with E-state index in [4.69, 9.17) is 4.74 Å². The summed E-state index contributed by atoms with van der Waals surface area (Å²) in [4.78, 5) is 14.2. The lowest BCUT2D eigenvalue weighted by Crippen LogP contribution is -2.59. The molecule has 0 bridgehead atoms. The molecule has 4 heteroatoms. The van der Waals surface area contributed by atoms with Crippen LogP contribution in [0.2, 0.25) is 0 Å². The summed E-state index contributed by atoms with van der Waals surface area (Å²) >= 11 is 0. The van der Waals surface area contributed by atoms with E-state index in [-0.39, 0.29) is 18.1 Å². The summed E-state index contributed by atoms with van der Waals surface area (Å²) < 4.78 is 5.76. The minimum absolute atomic E-state index is 0.0396. The zero-order valence-electron chi connectivity index (χ0n) is 12.4. The van der Waals surface area contributed by atoms with Gasteiger partial charge < -0.3 is 15.0 Å². The largest absolute Gasteiger partial charge is 0.363 e. The Labute approximate surface area is 121 Å². The Hall–Kier alpha value is -1.39. The molecule has 1 heterocycles. The summed E-state index contributed by atoms with van der Waals surface area (Å²) in [5.74, 6) is 0.0396. The smallest absolute Gasteiger partial charge is 0.253 e. The standard InChI is InChI=1S/C16H24N2O2/c1-3-4-10-18(14-8-6-5-7-9-14)15(19)11-20-16(2)12-17-13-16/h5-9,17H,3-4,10-13H2,1-2H3. The second-order valence-corrected chi connectivity index (χ2v) is 5.58. The number of benzene rings is 1. The average Bonchev–Trinajstić information content (AvgIpc) is 2.44. The van der Waals surface area contributed by atoms with Crippen LogP contribution in [0.4, 0.5) is 5.69 Å². The number of carbonyl (C=O) groups excluding carboxylic acids is 1. The molecule has 0 atom stereocenters. The highest BCUT2D eigenvalue weighted by atomic mass is 16.5. The minimum atomic E-state index is -0.178. The van der Waals surface area contributed by atoms with Crippen molar-refractivity contribution < 1.29 is 9.53 Å². The molecule has 0 spiro atoms. The third-order valence-corrected chi connectivity index (χ3v) is 3.65. The zero-order valence-corrected chi connectivity index (χ0v) is 12.4. The lowest BCUT2D eigenvalue weighted by Gasteiger charge is -2.39. The van der Waals surface area contributed by atoms with Gasteiger partial charge in [-0.25, -0.2) is 0 Å². The predicted molar refractivity (Wildman–Crippen MR) is 80.9 cm³/mol. The van der Waals surface area contributed by atoms with E-state index in [1.54, 1.807) is 0 Å². The van der Waals surface area contributed by atoms with Crippen LogP contribution in [0.25, 0.3) is 0 Å². The Morgan fingerprint density at radius 2 is 2.05 bits per heavy atom. The molecule has 0 aromatic heterocycles. The molecule has 20 heavy (non-hydrogen) atoms. The fourth-order valence-electron chi connectivity index (χ4n) is 2.21. The summed E-state index contributed by atoms with van der Waals surface area (Å²) in [6.07, 6.45) is 2.07. The van der Waals surface area contributed by atoms with Gasteiger partial charge in [-0.1, -0.05) is 31.5 Å². The number of carbonyl (C=O) groups is 1.